The number of nitrogens with one attached hydrogen (secondary N) is 3. The molecule has 0 spiro atoms. The van der Waals surface area contributed by atoms with Gasteiger partial charge in [-0.25, -0.2) is 13.2 Å². The summed E-state index contributed by atoms with van der Waals surface area (Å²) in [6, 6.07) is -2.00. The maximum absolute atomic E-state index is 13.2. The molecule has 33 heavy (non-hydrogen) atoms. The summed E-state index contributed by atoms with van der Waals surface area (Å²) in [4.78, 5) is 39.0. The highest BCUT2D eigenvalue weighted by Gasteiger charge is 2.51. The van der Waals surface area contributed by atoms with Crippen LogP contribution in [-0.2, 0) is 19.6 Å². The number of carbonyl (C=O) groups is 3. The Morgan fingerprint density at radius 2 is 1.88 bits per heavy atom. The van der Waals surface area contributed by atoms with Gasteiger partial charge in [0.25, 0.3) is 5.91 Å². The molecular weight excluding hydrogens is 448 g/mol. The Hall–Kier alpha value is -2.14. The summed E-state index contributed by atoms with van der Waals surface area (Å²) in [5.41, 5.74) is -0.622. The number of nitrogens with zero attached hydrogens (tertiary/aromatic N) is 1. The van der Waals surface area contributed by atoms with Crippen LogP contribution in [0.2, 0.25) is 0 Å². The molecule has 1 heterocycles. The van der Waals surface area contributed by atoms with E-state index in [9.17, 15) is 27.9 Å². The Morgan fingerprint density at radius 1 is 1.27 bits per heavy atom. The van der Waals surface area contributed by atoms with Gasteiger partial charge in [0, 0.05) is 19.1 Å². The molecule has 1 saturated heterocycles. The molecule has 0 bridgehead atoms. The molecule has 4 N–H and O–H groups in total. The first-order valence-electron chi connectivity index (χ1n) is 11.3. The smallest absolute Gasteiger partial charge is 0.405 e. The van der Waals surface area contributed by atoms with E-state index < -0.39 is 44.3 Å². The van der Waals surface area contributed by atoms with Crippen molar-refractivity contribution in [1.82, 2.24) is 20.3 Å². The standard InChI is InChI=1S/C22H38N4O6S/c1-7-14(2)16(18(27)25-33(31,32)22(6)10-11-22)23-13-15-9-8-12-26(15)19(28)17(21(3,4)5)24-20(29)30/h7,14-17,23-24H,1,8-13H2,2-6H3,(H,25,27)(H,29,30). The van der Waals surface area contributed by atoms with Crippen molar-refractivity contribution in [3.8, 4) is 0 Å². The van der Waals surface area contributed by atoms with E-state index >= 15 is 0 Å². The van der Waals surface area contributed by atoms with Gasteiger partial charge in [-0.3, -0.25) is 14.3 Å². The van der Waals surface area contributed by atoms with Crippen LogP contribution in [0.15, 0.2) is 12.7 Å². The van der Waals surface area contributed by atoms with Crippen molar-refractivity contribution in [1.29, 1.82) is 0 Å². The van der Waals surface area contributed by atoms with Gasteiger partial charge in [0.15, 0.2) is 0 Å². The SMILES string of the molecule is C=CC(C)C(NCC1CCCN1C(=O)C(NC(=O)O)C(C)(C)C)C(=O)NS(=O)(=O)C1(C)CC1. The van der Waals surface area contributed by atoms with Crippen LogP contribution in [0.4, 0.5) is 4.79 Å². The van der Waals surface area contributed by atoms with Crippen LogP contribution in [0.3, 0.4) is 0 Å². The molecule has 0 radical (unpaired) electrons. The van der Waals surface area contributed by atoms with Crippen molar-refractivity contribution in [2.24, 2.45) is 11.3 Å². The van der Waals surface area contributed by atoms with Gasteiger partial charge in [0.05, 0.1) is 10.8 Å². The summed E-state index contributed by atoms with van der Waals surface area (Å²) in [5, 5.41) is 14.7. The largest absolute Gasteiger partial charge is 0.465 e. The summed E-state index contributed by atoms with van der Waals surface area (Å²) >= 11 is 0. The van der Waals surface area contributed by atoms with Crippen molar-refractivity contribution >= 4 is 27.9 Å². The van der Waals surface area contributed by atoms with Crippen molar-refractivity contribution in [2.45, 2.75) is 83.2 Å². The van der Waals surface area contributed by atoms with Crippen molar-refractivity contribution < 1.29 is 27.9 Å². The molecule has 11 heteroatoms. The van der Waals surface area contributed by atoms with Crippen molar-refractivity contribution in [3.05, 3.63) is 12.7 Å². The van der Waals surface area contributed by atoms with E-state index in [1.807, 2.05) is 0 Å². The van der Waals surface area contributed by atoms with E-state index in [0.717, 1.165) is 6.42 Å². The summed E-state index contributed by atoms with van der Waals surface area (Å²) in [5.74, 6) is -1.31. The zero-order valence-corrected chi connectivity index (χ0v) is 21.0. The van der Waals surface area contributed by atoms with Crippen molar-refractivity contribution in [2.75, 3.05) is 13.1 Å². The number of sulfonamides is 1. The molecule has 2 aliphatic rings. The fourth-order valence-electron chi connectivity index (χ4n) is 3.96. The minimum absolute atomic E-state index is 0.247. The number of hydrogen-bond acceptors (Lipinski definition) is 6. The van der Waals surface area contributed by atoms with Gasteiger partial charge in [-0.15, -0.1) is 6.58 Å². The minimum Gasteiger partial charge on any atom is -0.465 e. The zero-order chi connectivity index (χ0) is 25.2. The third-order valence-corrected chi connectivity index (χ3v) is 8.81. The average Bonchev–Trinajstić information content (AvgIpc) is 3.29. The Bertz CT molecular complexity index is 878. The topological polar surface area (TPSA) is 145 Å². The Balaban J connectivity index is 2.11. The first-order valence-corrected chi connectivity index (χ1v) is 12.8. The van der Waals surface area contributed by atoms with Gasteiger partial charge >= 0.3 is 6.09 Å². The average molecular weight is 487 g/mol. The second-order valence-electron chi connectivity index (χ2n) is 10.5. The molecule has 0 aromatic carbocycles. The van der Waals surface area contributed by atoms with E-state index in [-0.39, 0.29) is 24.4 Å². The predicted molar refractivity (Wildman–Crippen MR) is 125 cm³/mol. The molecule has 1 saturated carbocycles. The van der Waals surface area contributed by atoms with E-state index in [2.05, 4.69) is 21.9 Å². The van der Waals surface area contributed by atoms with Gasteiger partial charge < -0.3 is 20.6 Å². The van der Waals surface area contributed by atoms with E-state index in [1.54, 1.807) is 45.6 Å². The van der Waals surface area contributed by atoms with Crippen LogP contribution in [0.5, 0.6) is 0 Å². The number of amides is 3. The van der Waals surface area contributed by atoms with Crippen LogP contribution < -0.4 is 15.4 Å². The molecule has 1 aliphatic heterocycles. The van der Waals surface area contributed by atoms with Crippen LogP contribution in [0.25, 0.3) is 0 Å². The quantitative estimate of drug-likeness (QED) is 0.342. The van der Waals surface area contributed by atoms with Gasteiger partial charge in [0.2, 0.25) is 15.9 Å². The first-order chi connectivity index (χ1) is 15.1. The molecular formula is C22H38N4O6S. The fourth-order valence-corrected chi connectivity index (χ4v) is 5.23. The van der Waals surface area contributed by atoms with E-state index in [0.29, 0.717) is 25.8 Å². The Morgan fingerprint density at radius 3 is 2.36 bits per heavy atom. The lowest BCUT2D eigenvalue weighted by Crippen LogP contribution is -2.58. The molecule has 0 aromatic heterocycles. The number of hydrogen-bond donors (Lipinski definition) is 4. The van der Waals surface area contributed by atoms with Gasteiger partial charge in [0.1, 0.15) is 6.04 Å². The van der Waals surface area contributed by atoms with Gasteiger partial charge in [-0.05, 0) is 43.9 Å². The van der Waals surface area contributed by atoms with E-state index in [1.165, 1.54) is 0 Å². The summed E-state index contributed by atoms with van der Waals surface area (Å²) in [7, 11) is -3.78. The lowest BCUT2D eigenvalue weighted by molar-refractivity contribution is -0.136. The van der Waals surface area contributed by atoms with Crippen LogP contribution in [-0.4, -0.2) is 72.3 Å². The summed E-state index contributed by atoms with van der Waals surface area (Å²) < 4.78 is 26.3. The molecule has 188 valence electrons. The molecule has 0 aromatic rings. The zero-order valence-electron chi connectivity index (χ0n) is 20.2. The molecule has 2 rings (SSSR count). The first kappa shape index (κ1) is 27.1. The third kappa shape index (κ3) is 6.47. The number of likely N-dealkylation sites (tertiary alicyclic amines) is 1. The maximum Gasteiger partial charge on any atom is 0.405 e. The minimum atomic E-state index is -3.78. The molecule has 4 atom stereocenters. The highest BCUT2D eigenvalue weighted by molar-refractivity contribution is 7.91. The van der Waals surface area contributed by atoms with Crippen LogP contribution in [0.1, 0.15) is 60.3 Å². The number of carbonyl (C=O) groups excluding carboxylic acids is 2. The molecule has 2 fully saturated rings. The third-order valence-electron chi connectivity index (χ3n) is 6.63. The maximum atomic E-state index is 13.2. The highest BCUT2D eigenvalue weighted by Crippen LogP contribution is 2.42. The molecule has 1 aliphatic carbocycles. The van der Waals surface area contributed by atoms with Gasteiger partial charge in [-0.1, -0.05) is 33.8 Å². The normalized spacial score (nSPS) is 22.7. The van der Waals surface area contributed by atoms with Crippen molar-refractivity contribution in [3.63, 3.8) is 0 Å². The monoisotopic (exact) mass is 486 g/mol. The Kier molecular flexibility index (Phi) is 8.22. The second kappa shape index (κ2) is 10.0. The predicted octanol–water partition coefficient (Wildman–Crippen LogP) is 1.44. The summed E-state index contributed by atoms with van der Waals surface area (Å²) in [6.07, 6.45) is 2.79. The summed E-state index contributed by atoms with van der Waals surface area (Å²) in [6.45, 7) is 13.2. The lowest BCUT2D eigenvalue weighted by atomic mass is 9.85. The van der Waals surface area contributed by atoms with Crippen LogP contribution >= 0.6 is 0 Å². The molecule has 10 nitrogen and oxygen atoms in total. The molecule has 4 unspecified atom stereocenters. The Labute approximate surface area is 196 Å². The molecule has 3 amide bonds. The van der Waals surface area contributed by atoms with E-state index in [4.69, 9.17) is 0 Å². The van der Waals surface area contributed by atoms with Gasteiger partial charge in [-0.2, -0.15) is 0 Å². The second-order valence-corrected chi connectivity index (χ2v) is 12.7. The highest BCUT2D eigenvalue weighted by atomic mass is 32.2. The van der Waals surface area contributed by atoms with Crippen LogP contribution in [0, 0.1) is 11.3 Å². The number of rotatable bonds is 10. The fraction of sp³-hybridized carbons (Fsp3) is 0.773. The lowest BCUT2D eigenvalue weighted by Gasteiger charge is -2.35. The number of carboxylic acid groups (broad SMARTS) is 1.